The molecule has 1 atom stereocenters. The highest BCUT2D eigenvalue weighted by Crippen LogP contribution is 2.55. The zero-order valence-electron chi connectivity index (χ0n) is 14.7. The Morgan fingerprint density at radius 3 is 2.52 bits per heavy atom. The Bertz CT molecular complexity index is 817. The van der Waals surface area contributed by atoms with Gasteiger partial charge in [-0.3, -0.25) is 5.32 Å². The third-order valence-corrected chi connectivity index (χ3v) is 6.50. The van der Waals surface area contributed by atoms with Crippen molar-refractivity contribution in [3.05, 3.63) is 75.2 Å². The van der Waals surface area contributed by atoms with Crippen molar-refractivity contribution in [2.24, 2.45) is 0 Å². The molecule has 0 unspecified atom stereocenters. The lowest BCUT2D eigenvalue weighted by Crippen LogP contribution is -2.33. The summed E-state index contributed by atoms with van der Waals surface area (Å²) < 4.78 is 10.8. The van der Waals surface area contributed by atoms with Gasteiger partial charge in [0.1, 0.15) is 24.3 Å². The lowest BCUT2D eigenvalue weighted by atomic mass is 10.1. The van der Waals surface area contributed by atoms with Gasteiger partial charge in [0.15, 0.2) is 5.82 Å². The van der Waals surface area contributed by atoms with E-state index in [0.717, 1.165) is 16.9 Å². The second kappa shape index (κ2) is 8.78. The normalized spacial score (nSPS) is 19.0. The average molecular weight is 429 g/mol. The smallest absolute Gasteiger partial charge is 0.300 e. The topological polar surface area (TPSA) is 71.0 Å². The van der Waals surface area contributed by atoms with Crippen molar-refractivity contribution in [1.29, 1.82) is 0 Å². The van der Waals surface area contributed by atoms with Crippen LogP contribution >= 0.6 is 30.9 Å². The van der Waals surface area contributed by atoms with E-state index >= 15 is 0 Å². The molecule has 1 heterocycles. The maximum atomic E-state index is 10.4. The van der Waals surface area contributed by atoms with E-state index in [4.69, 9.17) is 32.7 Å². The molecule has 0 bridgehead atoms. The molecule has 8 heteroatoms. The fourth-order valence-corrected chi connectivity index (χ4v) is 4.60. The number of benzene rings is 2. The van der Waals surface area contributed by atoms with Crippen LogP contribution in [0.25, 0.3) is 0 Å². The molecule has 0 aromatic heterocycles. The molecule has 1 aliphatic rings. The molecule has 3 N–H and O–H groups in total. The highest BCUT2D eigenvalue weighted by atomic mass is 35.5. The third kappa shape index (κ3) is 5.58. The maximum absolute atomic E-state index is 10.4. The Balaban J connectivity index is 1.61. The van der Waals surface area contributed by atoms with Gasteiger partial charge in [0, 0.05) is 0 Å². The molecule has 3 rings (SSSR count). The van der Waals surface area contributed by atoms with Gasteiger partial charge in [-0.25, -0.2) is 9.79 Å². The molecule has 0 amide bonds. The van der Waals surface area contributed by atoms with Gasteiger partial charge in [-0.05, 0) is 35.4 Å². The second-order valence-corrected chi connectivity index (χ2v) is 9.27. The number of halogens is 2. The van der Waals surface area contributed by atoms with Crippen LogP contribution in [-0.2, 0) is 10.9 Å². The summed E-state index contributed by atoms with van der Waals surface area (Å²) in [4.78, 5) is 20.8. The van der Waals surface area contributed by atoms with Gasteiger partial charge >= 0.3 is 7.72 Å². The highest BCUT2D eigenvalue weighted by molar-refractivity contribution is 7.67. The third-order valence-electron chi connectivity index (χ3n) is 4.23. The average Bonchev–Trinajstić information content (AvgIpc) is 2.64. The van der Waals surface area contributed by atoms with Gasteiger partial charge in [0.05, 0.1) is 29.7 Å². The van der Waals surface area contributed by atoms with E-state index in [1.165, 1.54) is 5.82 Å². The van der Waals surface area contributed by atoms with Crippen LogP contribution in [0.15, 0.2) is 54.0 Å². The number of rotatable bonds is 5. The summed E-state index contributed by atoms with van der Waals surface area (Å²) in [6, 6.07) is 12.6. The number of methoxy groups -OCH3 is 1. The predicted octanol–water partition coefficient (Wildman–Crippen LogP) is 4.54. The monoisotopic (exact) mass is 428 g/mol. The molecule has 0 radical (unpaired) electrons. The standard InChI is InChI=1S/C19H21Cl2NO4P/c1-25-15-5-2-13(3-6-15)11-27(23,24)12-16-9-22-19(10-26-16)14-4-7-17(20)18(21)8-14/h2-8,12,19,22-24H,9-11H2,1H3/q+1/t19-/m0/s1. The van der Waals surface area contributed by atoms with E-state index in [1.807, 2.05) is 18.2 Å². The Morgan fingerprint density at radius 1 is 1.19 bits per heavy atom. The van der Waals surface area contributed by atoms with Crippen LogP contribution < -0.4 is 10.1 Å². The Labute approximate surface area is 169 Å². The lowest BCUT2D eigenvalue weighted by molar-refractivity contribution is 0.139. The van der Waals surface area contributed by atoms with Gasteiger partial charge in [0.2, 0.25) is 0 Å². The summed E-state index contributed by atoms with van der Waals surface area (Å²) in [5.74, 6) is 2.69. The van der Waals surface area contributed by atoms with Crippen LogP contribution in [0.2, 0.25) is 10.0 Å². The van der Waals surface area contributed by atoms with Crippen LogP contribution in [0.3, 0.4) is 0 Å². The molecule has 0 spiro atoms. The first-order valence-electron chi connectivity index (χ1n) is 8.35. The van der Waals surface area contributed by atoms with Gasteiger partial charge < -0.3 is 9.47 Å². The summed E-state index contributed by atoms with van der Waals surface area (Å²) in [7, 11) is -1.68. The van der Waals surface area contributed by atoms with Crippen LogP contribution in [0.5, 0.6) is 5.75 Å². The first-order valence-corrected chi connectivity index (χ1v) is 11.1. The largest absolute Gasteiger partial charge is 0.497 e. The first kappa shape index (κ1) is 20.4. The predicted molar refractivity (Wildman–Crippen MR) is 109 cm³/mol. The molecule has 0 aliphatic carbocycles. The molecule has 27 heavy (non-hydrogen) atoms. The quantitative estimate of drug-likeness (QED) is 0.609. The van der Waals surface area contributed by atoms with Gasteiger partial charge in [-0.1, -0.05) is 41.4 Å². The number of morpholine rings is 1. The summed E-state index contributed by atoms with van der Waals surface area (Å²) in [5, 5.41) is 4.32. The SMILES string of the molecule is COc1ccc(C[P+](O)(O)C=C2CN[C@H](c3ccc(Cl)c(Cl)c3)CO2)cc1. The maximum Gasteiger partial charge on any atom is 0.300 e. The molecular formula is C19H21Cl2NO4P+. The van der Waals surface area contributed by atoms with Crippen LogP contribution in [0, 0.1) is 0 Å². The van der Waals surface area contributed by atoms with Crippen molar-refractivity contribution in [1.82, 2.24) is 5.32 Å². The van der Waals surface area contributed by atoms with Crippen molar-refractivity contribution in [3.63, 3.8) is 0 Å². The summed E-state index contributed by atoms with van der Waals surface area (Å²) in [5.41, 5.74) is 1.79. The molecule has 144 valence electrons. The van der Waals surface area contributed by atoms with E-state index < -0.39 is 7.72 Å². The first-order chi connectivity index (χ1) is 12.9. The molecule has 2 aromatic carbocycles. The zero-order chi connectivity index (χ0) is 19.4. The number of nitrogens with one attached hydrogen (secondary N) is 1. The van der Waals surface area contributed by atoms with Crippen LogP contribution in [0.4, 0.5) is 0 Å². The molecule has 1 saturated heterocycles. The number of ether oxygens (including phenoxy) is 2. The van der Waals surface area contributed by atoms with Crippen LogP contribution in [0.1, 0.15) is 17.2 Å². The van der Waals surface area contributed by atoms with E-state index in [0.29, 0.717) is 29.0 Å². The van der Waals surface area contributed by atoms with E-state index in [2.05, 4.69) is 5.32 Å². The van der Waals surface area contributed by atoms with Crippen molar-refractivity contribution in [3.8, 4) is 5.75 Å². The Morgan fingerprint density at radius 2 is 1.93 bits per heavy atom. The van der Waals surface area contributed by atoms with Gasteiger partial charge in [-0.2, -0.15) is 0 Å². The minimum Gasteiger partial charge on any atom is -0.497 e. The molecule has 0 saturated carbocycles. The van der Waals surface area contributed by atoms with Crippen molar-refractivity contribution in [2.75, 3.05) is 20.3 Å². The molecule has 1 aliphatic heterocycles. The van der Waals surface area contributed by atoms with E-state index in [-0.39, 0.29) is 12.2 Å². The highest BCUT2D eigenvalue weighted by Gasteiger charge is 2.33. The van der Waals surface area contributed by atoms with E-state index in [1.54, 1.807) is 31.4 Å². The van der Waals surface area contributed by atoms with Crippen molar-refractivity contribution in [2.45, 2.75) is 12.2 Å². The Kier molecular flexibility index (Phi) is 6.64. The molecular weight excluding hydrogens is 408 g/mol. The zero-order valence-corrected chi connectivity index (χ0v) is 17.1. The van der Waals surface area contributed by atoms with E-state index in [9.17, 15) is 9.79 Å². The Hall–Kier alpha value is -1.33. The minimum absolute atomic E-state index is 0.0383. The van der Waals surface area contributed by atoms with Crippen molar-refractivity contribution >= 4 is 30.9 Å². The fourth-order valence-electron chi connectivity index (χ4n) is 2.83. The molecule has 2 aromatic rings. The summed E-state index contributed by atoms with van der Waals surface area (Å²) >= 11 is 12.0. The summed E-state index contributed by atoms with van der Waals surface area (Å²) in [6.45, 7) is 0.767. The lowest BCUT2D eigenvalue weighted by Gasteiger charge is -2.27. The summed E-state index contributed by atoms with van der Waals surface area (Å²) in [6.07, 6.45) is 0.153. The molecule has 1 fully saturated rings. The second-order valence-electron chi connectivity index (χ2n) is 6.31. The fraction of sp³-hybridized carbons (Fsp3) is 0.263. The number of hydrogen-bond acceptors (Lipinski definition) is 5. The van der Waals surface area contributed by atoms with Crippen LogP contribution in [-0.4, -0.2) is 30.0 Å². The minimum atomic E-state index is -3.27. The number of hydrogen-bond donors (Lipinski definition) is 3. The van der Waals surface area contributed by atoms with Gasteiger partial charge in [0.25, 0.3) is 0 Å². The van der Waals surface area contributed by atoms with Gasteiger partial charge in [-0.15, -0.1) is 0 Å². The molecule has 5 nitrogen and oxygen atoms in total. The van der Waals surface area contributed by atoms with Crippen molar-refractivity contribution < 1.29 is 19.3 Å².